The largest absolute Gasteiger partial charge is 0.383 e. The van der Waals surface area contributed by atoms with Crippen LogP contribution in [-0.2, 0) is 4.74 Å². The Morgan fingerprint density at radius 3 is 2.50 bits per heavy atom. The Morgan fingerprint density at radius 2 is 2.06 bits per heavy atom. The molecule has 1 saturated carbocycles. The number of hydrogen-bond donors (Lipinski definition) is 1. The third-order valence-corrected chi connectivity index (χ3v) is 3.24. The molecule has 96 valence electrons. The van der Waals surface area contributed by atoms with Gasteiger partial charge in [0, 0.05) is 32.3 Å². The van der Waals surface area contributed by atoms with Crippen molar-refractivity contribution in [2.75, 3.05) is 33.4 Å². The Labute approximate surface area is 101 Å². The highest BCUT2D eigenvalue weighted by Gasteiger charge is 2.26. The summed E-state index contributed by atoms with van der Waals surface area (Å²) in [7, 11) is 1.78. The van der Waals surface area contributed by atoms with Crippen molar-refractivity contribution in [1.82, 2.24) is 10.2 Å². The second-order valence-corrected chi connectivity index (χ2v) is 5.20. The smallest absolute Gasteiger partial charge is 0.0628 e. The maximum atomic E-state index is 5.27. The van der Waals surface area contributed by atoms with Crippen LogP contribution in [0.2, 0.25) is 0 Å². The van der Waals surface area contributed by atoms with Crippen molar-refractivity contribution < 1.29 is 4.74 Å². The molecule has 3 nitrogen and oxygen atoms in total. The van der Waals surface area contributed by atoms with Gasteiger partial charge in [0.1, 0.15) is 0 Å². The second-order valence-electron chi connectivity index (χ2n) is 5.20. The number of methoxy groups -OCH3 is 1. The van der Waals surface area contributed by atoms with E-state index in [1.165, 1.54) is 19.4 Å². The Bertz CT molecular complexity index is 175. The maximum Gasteiger partial charge on any atom is 0.0628 e. The Morgan fingerprint density at radius 1 is 1.38 bits per heavy atom. The summed E-state index contributed by atoms with van der Waals surface area (Å²) in [5, 5.41) is 3.50. The summed E-state index contributed by atoms with van der Waals surface area (Å²) in [5.74, 6) is 0.965. The number of ether oxygens (including phenoxy) is 1. The van der Waals surface area contributed by atoms with Gasteiger partial charge < -0.3 is 10.1 Å². The van der Waals surface area contributed by atoms with Crippen LogP contribution in [0.3, 0.4) is 0 Å². The molecule has 1 aliphatic rings. The normalized spacial score (nSPS) is 18.4. The van der Waals surface area contributed by atoms with Gasteiger partial charge in [0.25, 0.3) is 0 Å². The van der Waals surface area contributed by atoms with Gasteiger partial charge >= 0.3 is 0 Å². The molecule has 1 unspecified atom stereocenters. The molecule has 1 fully saturated rings. The first-order valence-corrected chi connectivity index (χ1v) is 6.63. The van der Waals surface area contributed by atoms with E-state index in [-0.39, 0.29) is 0 Å². The van der Waals surface area contributed by atoms with Crippen LogP contribution in [0.25, 0.3) is 0 Å². The molecule has 0 aromatic rings. The molecule has 0 amide bonds. The van der Waals surface area contributed by atoms with Crippen LogP contribution in [0.4, 0.5) is 0 Å². The molecule has 1 atom stereocenters. The molecule has 0 spiro atoms. The summed E-state index contributed by atoms with van der Waals surface area (Å²) < 4.78 is 5.27. The van der Waals surface area contributed by atoms with Crippen LogP contribution in [0.5, 0.6) is 0 Å². The molecular weight excluding hydrogens is 200 g/mol. The zero-order chi connectivity index (χ0) is 12.0. The third kappa shape index (κ3) is 5.28. The van der Waals surface area contributed by atoms with Gasteiger partial charge in [-0.1, -0.05) is 6.92 Å². The van der Waals surface area contributed by atoms with Gasteiger partial charge in [0.15, 0.2) is 0 Å². The predicted molar refractivity (Wildman–Crippen MR) is 68.8 cm³/mol. The van der Waals surface area contributed by atoms with Gasteiger partial charge in [0.2, 0.25) is 0 Å². The molecule has 16 heavy (non-hydrogen) atoms. The lowest BCUT2D eigenvalue weighted by molar-refractivity contribution is 0.123. The van der Waals surface area contributed by atoms with Crippen molar-refractivity contribution in [2.24, 2.45) is 5.92 Å². The van der Waals surface area contributed by atoms with E-state index < -0.39 is 0 Å². The molecule has 0 saturated heterocycles. The molecule has 0 aromatic carbocycles. The van der Waals surface area contributed by atoms with Crippen molar-refractivity contribution in [3.63, 3.8) is 0 Å². The molecule has 0 aromatic heterocycles. The fourth-order valence-electron chi connectivity index (χ4n) is 2.08. The SMILES string of the molecule is CCNC(COC)CN(CC1CC1)C(C)C. The summed E-state index contributed by atoms with van der Waals surface area (Å²) in [6, 6.07) is 1.11. The van der Waals surface area contributed by atoms with Crippen LogP contribution >= 0.6 is 0 Å². The first-order chi connectivity index (χ1) is 7.67. The van der Waals surface area contributed by atoms with Crippen LogP contribution in [0.1, 0.15) is 33.6 Å². The lowest BCUT2D eigenvalue weighted by Gasteiger charge is -2.30. The second kappa shape index (κ2) is 7.25. The fourth-order valence-corrected chi connectivity index (χ4v) is 2.08. The van der Waals surface area contributed by atoms with Crippen LogP contribution < -0.4 is 5.32 Å². The van der Waals surface area contributed by atoms with Crippen molar-refractivity contribution in [3.05, 3.63) is 0 Å². The van der Waals surface area contributed by atoms with Crippen LogP contribution in [0, 0.1) is 5.92 Å². The minimum atomic E-state index is 0.469. The predicted octanol–water partition coefficient (Wildman–Crippen LogP) is 1.73. The van der Waals surface area contributed by atoms with E-state index in [1.807, 2.05) is 0 Å². The lowest BCUT2D eigenvalue weighted by atomic mass is 10.2. The van der Waals surface area contributed by atoms with E-state index in [4.69, 9.17) is 4.74 Å². The monoisotopic (exact) mass is 228 g/mol. The van der Waals surface area contributed by atoms with Gasteiger partial charge in [-0.3, -0.25) is 4.90 Å². The average molecular weight is 228 g/mol. The molecule has 1 N–H and O–H groups in total. The Kier molecular flexibility index (Phi) is 6.32. The Balaban J connectivity index is 2.35. The summed E-state index contributed by atoms with van der Waals surface area (Å²) in [5.41, 5.74) is 0. The van der Waals surface area contributed by atoms with E-state index in [2.05, 4.69) is 31.0 Å². The number of hydrogen-bond acceptors (Lipinski definition) is 3. The average Bonchev–Trinajstić information content (AvgIpc) is 3.01. The first kappa shape index (κ1) is 13.9. The lowest BCUT2D eigenvalue weighted by Crippen LogP contribution is -2.46. The number of nitrogens with one attached hydrogen (secondary N) is 1. The molecule has 1 aliphatic carbocycles. The highest BCUT2D eigenvalue weighted by atomic mass is 16.5. The van der Waals surface area contributed by atoms with E-state index in [1.54, 1.807) is 7.11 Å². The van der Waals surface area contributed by atoms with Crippen LogP contribution in [0.15, 0.2) is 0 Å². The molecular formula is C13H28N2O. The molecule has 0 bridgehead atoms. The van der Waals surface area contributed by atoms with Gasteiger partial charge in [-0.25, -0.2) is 0 Å². The zero-order valence-electron chi connectivity index (χ0n) is 11.3. The van der Waals surface area contributed by atoms with Crippen molar-refractivity contribution in [1.29, 1.82) is 0 Å². The zero-order valence-corrected chi connectivity index (χ0v) is 11.3. The van der Waals surface area contributed by atoms with Crippen molar-refractivity contribution in [2.45, 2.75) is 45.7 Å². The maximum absolute atomic E-state index is 5.27. The summed E-state index contributed by atoms with van der Waals surface area (Å²) in [4.78, 5) is 2.59. The number of likely N-dealkylation sites (N-methyl/N-ethyl adjacent to an activating group) is 1. The minimum Gasteiger partial charge on any atom is -0.383 e. The van der Waals surface area contributed by atoms with Gasteiger partial charge in [-0.15, -0.1) is 0 Å². The summed E-state index contributed by atoms with van der Waals surface area (Å²) in [6.07, 6.45) is 2.86. The number of nitrogens with zero attached hydrogens (tertiary/aromatic N) is 1. The van der Waals surface area contributed by atoms with Gasteiger partial charge in [-0.2, -0.15) is 0 Å². The van der Waals surface area contributed by atoms with E-state index in [9.17, 15) is 0 Å². The fraction of sp³-hybridized carbons (Fsp3) is 1.00. The molecule has 0 radical (unpaired) electrons. The highest BCUT2D eigenvalue weighted by molar-refractivity contribution is 4.81. The first-order valence-electron chi connectivity index (χ1n) is 6.63. The summed E-state index contributed by atoms with van der Waals surface area (Å²) >= 11 is 0. The quantitative estimate of drug-likeness (QED) is 0.650. The molecule has 3 heteroatoms. The molecule has 0 aliphatic heterocycles. The van der Waals surface area contributed by atoms with Gasteiger partial charge in [-0.05, 0) is 39.2 Å². The topological polar surface area (TPSA) is 24.5 Å². The minimum absolute atomic E-state index is 0.469. The van der Waals surface area contributed by atoms with Gasteiger partial charge in [0.05, 0.1) is 6.61 Å². The van der Waals surface area contributed by atoms with E-state index in [0.29, 0.717) is 12.1 Å². The standard InChI is InChI=1S/C13H28N2O/c1-5-14-13(10-16-4)9-15(11(2)3)8-12-6-7-12/h11-14H,5-10H2,1-4H3. The van der Waals surface area contributed by atoms with E-state index >= 15 is 0 Å². The van der Waals surface area contributed by atoms with Crippen molar-refractivity contribution >= 4 is 0 Å². The Hall–Kier alpha value is -0.120. The molecule has 1 rings (SSSR count). The van der Waals surface area contributed by atoms with Crippen molar-refractivity contribution in [3.8, 4) is 0 Å². The van der Waals surface area contributed by atoms with E-state index in [0.717, 1.165) is 25.6 Å². The highest BCUT2D eigenvalue weighted by Crippen LogP contribution is 2.30. The van der Waals surface area contributed by atoms with Crippen LogP contribution in [-0.4, -0.2) is 50.3 Å². The molecule has 0 heterocycles. The number of rotatable bonds is 9. The summed E-state index contributed by atoms with van der Waals surface area (Å²) in [6.45, 7) is 10.9. The third-order valence-electron chi connectivity index (χ3n) is 3.24.